The van der Waals surface area contributed by atoms with Gasteiger partial charge in [-0.05, 0) is 5.92 Å². The van der Waals surface area contributed by atoms with Crippen LogP contribution in [-0.4, -0.2) is 83.7 Å². The maximum absolute atomic E-state index is 12.4. The first-order valence-electron chi connectivity index (χ1n) is 10.8. The second-order valence-electron chi connectivity index (χ2n) is 8.38. The van der Waals surface area contributed by atoms with E-state index in [0.717, 1.165) is 34.6 Å². The smallest absolute Gasteiger partial charge is 0.336 e. The molecule has 6 atom stereocenters. The molecule has 1 rings (SSSR count). The molecule has 1 aliphatic rings. The monoisotopic (exact) mass is 504 g/mol. The number of carbonyl (C=O) groups is 6. The summed E-state index contributed by atoms with van der Waals surface area (Å²) in [5.74, 6) is -6.23. The zero-order valence-electron chi connectivity index (χ0n) is 20.7. The third-order valence-electron chi connectivity index (χ3n) is 5.22. The molecule has 0 aliphatic carbocycles. The van der Waals surface area contributed by atoms with Crippen LogP contribution in [0, 0.1) is 5.92 Å². The SMILES string of the molecule is CC(=O)OC[C@@H](OC(C)=O)[C@@H](OC(C)=O)C1O[C@](C(=O)O)(C(C)C)CC(OC(C)=O)[C@H]1OC(C)=O. The highest BCUT2D eigenvalue weighted by molar-refractivity contribution is 5.78. The zero-order valence-corrected chi connectivity index (χ0v) is 20.7. The van der Waals surface area contributed by atoms with Crippen molar-refractivity contribution in [3.05, 3.63) is 0 Å². The summed E-state index contributed by atoms with van der Waals surface area (Å²) in [5, 5.41) is 10.1. The van der Waals surface area contributed by atoms with Crippen LogP contribution in [0.4, 0.5) is 0 Å². The predicted octanol–water partition coefficient (Wildman–Crippen LogP) is 0.545. The first-order valence-corrected chi connectivity index (χ1v) is 10.8. The summed E-state index contributed by atoms with van der Waals surface area (Å²) in [6, 6.07) is 0. The normalized spacial score (nSPS) is 25.5. The van der Waals surface area contributed by atoms with Crippen LogP contribution >= 0.6 is 0 Å². The van der Waals surface area contributed by atoms with Crippen molar-refractivity contribution >= 4 is 35.8 Å². The van der Waals surface area contributed by atoms with E-state index in [1.807, 2.05) is 0 Å². The van der Waals surface area contributed by atoms with Gasteiger partial charge in [-0.3, -0.25) is 24.0 Å². The minimum atomic E-state index is -1.98. The van der Waals surface area contributed by atoms with Crippen molar-refractivity contribution in [3.8, 4) is 0 Å². The Morgan fingerprint density at radius 3 is 1.80 bits per heavy atom. The quantitative estimate of drug-likeness (QED) is 0.322. The molecule has 0 radical (unpaired) electrons. The van der Waals surface area contributed by atoms with Crippen LogP contribution in [0.2, 0.25) is 0 Å². The Morgan fingerprint density at radius 1 is 0.857 bits per heavy atom. The molecule has 198 valence electrons. The molecule has 13 heteroatoms. The fraction of sp³-hybridized carbons (Fsp3) is 0.727. The van der Waals surface area contributed by atoms with Gasteiger partial charge in [0.15, 0.2) is 23.9 Å². The number of carboxylic acids is 1. The number of ether oxygens (including phenoxy) is 6. The molecule has 0 saturated carbocycles. The summed E-state index contributed by atoms with van der Waals surface area (Å²) >= 11 is 0. The Morgan fingerprint density at radius 2 is 1.40 bits per heavy atom. The van der Waals surface area contributed by atoms with E-state index in [1.165, 1.54) is 0 Å². The van der Waals surface area contributed by atoms with Crippen LogP contribution in [-0.2, 0) is 57.2 Å². The molecule has 2 unspecified atom stereocenters. The zero-order chi connectivity index (χ0) is 27.1. The van der Waals surface area contributed by atoms with Gasteiger partial charge < -0.3 is 33.5 Å². The van der Waals surface area contributed by atoms with Crippen LogP contribution in [0.3, 0.4) is 0 Å². The summed E-state index contributed by atoms with van der Waals surface area (Å²) in [6.07, 6.45) is -7.93. The molecular weight excluding hydrogens is 472 g/mol. The first kappa shape index (κ1) is 29.8. The second-order valence-corrected chi connectivity index (χ2v) is 8.38. The number of carbonyl (C=O) groups excluding carboxylic acids is 5. The number of esters is 5. The van der Waals surface area contributed by atoms with Crippen LogP contribution in [0.25, 0.3) is 0 Å². The largest absolute Gasteiger partial charge is 0.479 e. The Labute approximate surface area is 202 Å². The Balaban J connectivity index is 3.75. The molecule has 1 heterocycles. The molecular formula is C22H32O13. The summed E-state index contributed by atoms with van der Waals surface area (Å²) in [7, 11) is 0. The highest BCUT2D eigenvalue weighted by Gasteiger charge is 2.59. The number of carboxylic acid groups (broad SMARTS) is 1. The first-order chi connectivity index (χ1) is 16.1. The molecule has 0 aromatic rings. The van der Waals surface area contributed by atoms with Crippen LogP contribution < -0.4 is 0 Å². The van der Waals surface area contributed by atoms with Gasteiger partial charge in [0.1, 0.15) is 18.8 Å². The van der Waals surface area contributed by atoms with Crippen LogP contribution in [0.15, 0.2) is 0 Å². The Kier molecular flexibility index (Phi) is 10.6. The standard InChI is InChI=1S/C22H32O13/c1-10(2)22(21(28)29)8-16(31-12(4)24)18(33-14(6)26)20(35-22)19(34-15(7)27)17(32-13(5)25)9-30-11(3)23/h10,16-20H,8-9H2,1-7H3,(H,28,29)/t16?,17-,18-,19-,20?,22+/m1/s1. The molecule has 0 amide bonds. The van der Waals surface area contributed by atoms with E-state index < -0.39 is 90.9 Å². The van der Waals surface area contributed by atoms with Gasteiger partial charge in [0.2, 0.25) is 0 Å². The van der Waals surface area contributed by atoms with E-state index in [9.17, 15) is 33.9 Å². The topological polar surface area (TPSA) is 178 Å². The van der Waals surface area contributed by atoms with Crippen molar-refractivity contribution in [2.24, 2.45) is 5.92 Å². The van der Waals surface area contributed by atoms with Gasteiger partial charge in [0, 0.05) is 41.0 Å². The highest BCUT2D eigenvalue weighted by Crippen LogP contribution is 2.40. The van der Waals surface area contributed by atoms with Crippen molar-refractivity contribution in [2.75, 3.05) is 6.61 Å². The van der Waals surface area contributed by atoms with Crippen molar-refractivity contribution in [3.63, 3.8) is 0 Å². The van der Waals surface area contributed by atoms with E-state index in [0.29, 0.717) is 0 Å². The number of hydrogen-bond donors (Lipinski definition) is 1. The third kappa shape index (κ3) is 8.19. The van der Waals surface area contributed by atoms with E-state index in [-0.39, 0.29) is 0 Å². The van der Waals surface area contributed by atoms with E-state index in [2.05, 4.69) is 0 Å². The van der Waals surface area contributed by atoms with E-state index in [1.54, 1.807) is 13.8 Å². The van der Waals surface area contributed by atoms with Gasteiger partial charge in [0.25, 0.3) is 0 Å². The van der Waals surface area contributed by atoms with Gasteiger partial charge >= 0.3 is 35.8 Å². The Hall–Kier alpha value is -3.22. The van der Waals surface area contributed by atoms with Gasteiger partial charge in [-0.15, -0.1) is 0 Å². The maximum Gasteiger partial charge on any atom is 0.336 e. The molecule has 1 saturated heterocycles. The average Bonchev–Trinajstić information content (AvgIpc) is 2.69. The summed E-state index contributed by atoms with van der Waals surface area (Å²) in [6.45, 7) is 7.81. The number of aliphatic carboxylic acids is 1. The van der Waals surface area contributed by atoms with Crippen molar-refractivity contribution in [2.45, 2.75) is 91.0 Å². The van der Waals surface area contributed by atoms with Crippen LogP contribution in [0.1, 0.15) is 54.9 Å². The third-order valence-corrected chi connectivity index (χ3v) is 5.22. The molecule has 1 N–H and O–H groups in total. The minimum Gasteiger partial charge on any atom is -0.479 e. The molecule has 13 nitrogen and oxygen atoms in total. The lowest BCUT2D eigenvalue weighted by Gasteiger charge is -2.49. The highest BCUT2D eigenvalue weighted by atomic mass is 16.7. The lowest BCUT2D eigenvalue weighted by atomic mass is 9.78. The molecule has 1 aliphatic heterocycles. The molecule has 0 spiro atoms. The van der Waals surface area contributed by atoms with Gasteiger partial charge in [-0.1, -0.05) is 13.8 Å². The molecule has 0 aromatic heterocycles. The number of rotatable bonds is 10. The molecule has 0 aromatic carbocycles. The summed E-state index contributed by atoms with van der Waals surface area (Å²) < 4.78 is 32.1. The summed E-state index contributed by atoms with van der Waals surface area (Å²) in [4.78, 5) is 71.4. The summed E-state index contributed by atoms with van der Waals surface area (Å²) in [5.41, 5.74) is -1.98. The fourth-order valence-electron chi connectivity index (χ4n) is 3.81. The lowest BCUT2D eigenvalue weighted by Crippen LogP contribution is -2.66. The Bertz CT molecular complexity index is 835. The van der Waals surface area contributed by atoms with E-state index in [4.69, 9.17) is 28.4 Å². The average molecular weight is 504 g/mol. The van der Waals surface area contributed by atoms with Gasteiger partial charge in [-0.2, -0.15) is 0 Å². The van der Waals surface area contributed by atoms with Crippen molar-refractivity contribution in [1.82, 2.24) is 0 Å². The second kappa shape index (κ2) is 12.5. The lowest BCUT2D eigenvalue weighted by molar-refractivity contribution is -0.273. The van der Waals surface area contributed by atoms with Gasteiger partial charge in [-0.25, -0.2) is 4.79 Å². The predicted molar refractivity (Wildman–Crippen MR) is 114 cm³/mol. The van der Waals surface area contributed by atoms with Gasteiger partial charge in [0.05, 0.1) is 0 Å². The van der Waals surface area contributed by atoms with Crippen molar-refractivity contribution < 1.29 is 62.3 Å². The molecule has 1 fully saturated rings. The number of hydrogen-bond acceptors (Lipinski definition) is 12. The molecule has 35 heavy (non-hydrogen) atoms. The van der Waals surface area contributed by atoms with Crippen LogP contribution in [0.5, 0.6) is 0 Å². The van der Waals surface area contributed by atoms with E-state index >= 15 is 0 Å². The fourth-order valence-corrected chi connectivity index (χ4v) is 3.81. The molecule has 0 bridgehead atoms. The maximum atomic E-state index is 12.4. The van der Waals surface area contributed by atoms with Crippen molar-refractivity contribution in [1.29, 1.82) is 0 Å². The minimum absolute atomic E-state index is 0.400.